The third-order valence-corrected chi connectivity index (χ3v) is 4.94. The molecule has 0 saturated carbocycles. The van der Waals surface area contributed by atoms with Gasteiger partial charge in [0, 0.05) is 0 Å². The third kappa shape index (κ3) is 3.85. The lowest BCUT2D eigenvalue weighted by molar-refractivity contribution is 0.0697. The first kappa shape index (κ1) is 19.8. The van der Waals surface area contributed by atoms with Gasteiger partial charge in [0.1, 0.15) is 5.82 Å². The molecule has 150 valence electrons. The largest absolute Gasteiger partial charge is 0.478 e. The van der Waals surface area contributed by atoms with Crippen LogP contribution in [0.25, 0.3) is 28.7 Å². The summed E-state index contributed by atoms with van der Waals surface area (Å²) in [4.78, 5) is 29.5. The lowest BCUT2D eigenvalue weighted by atomic mass is 10.1. The molecule has 0 atom stereocenters. The highest BCUT2D eigenvalue weighted by molar-refractivity contribution is 5.88. The first-order valence-corrected chi connectivity index (χ1v) is 9.52. The fourth-order valence-corrected chi connectivity index (χ4v) is 3.35. The van der Waals surface area contributed by atoms with Gasteiger partial charge in [-0.3, -0.25) is 9.36 Å². The molecule has 0 bridgehead atoms. The molecule has 4 rings (SSSR count). The summed E-state index contributed by atoms with van der Waals surface area (Å²) in [7, 11) is 0. The molecule has 0 aliphatic heterocycles. The molecular formula is C25H17N3O3. The van der Waals surface area contributed by atoms with Gasteiger partial charge in [-0.15, -0.1) is 0 Å². The zero-order valence-corrected chi connectivity index (χ0v) is 16.6. The van der Waals surface area contributed by atoms with Gasteiger partial charge in [-0.25, -0.2) is 9.78 Å². The molecule has 6 nitrogen and oxygen atoms in total. The van der Waals surface area contributed by atoms with Crippen LogP contribution in [0, 0.1) is 18.3 Å². The van der Waals surface area contributed by atoms with Crippen LogP contribution in [0.5, 0.6) is 0 Å². The number of carboxylic acids is 1. The quantitative estimate of drug-likeness (QED) is 0.540. The summed E-state index contributed by atoms with van der Waals surface area (Å²) in [6, 6.07) is 20.7. The number of nitriles is 1. The average Bonchev–Trinajstić information content (AvgIpc) is 2.79. The Kier molecular flexibility index (Phi) is 5.17. The minimum absolute atomic E-state index is 0.0794. The molecule has 0 unspecified atom stereocenters. The molecule has 1 aromatic heterocycles. The Balaban J connectivity index is 1.95. The highest BCUT2D eigenvalue weighted by atomic mass is 16.4. The number of benzene rings is 3. The minimum atomic E-state index is -1.07. The van der Waals surface area contributed by atoms with E-state index in [1.807, 2.05) is 13.0 Å². The molecular weight excluding hydrogens is 390 g/mol. The lowest BCUT2D eigenvalue weighted by Gasteiger charge is -2.13. The number of carboxylic acid groups (broad SMARTS) is 1. The second-order valence-electron chi connectivity index (χ2n) is 7.00. The van der Waals surface area contributed by atoms with Crippen molar-refractivity contribution in [3.05, 3.63) is 105 Å². The number of hydrogen-bond acceptors (Lipinski definition) is 4. The van der Waals surface area contributed by atoms with E-state index in [9.17, 15) is 14.7 Å². The summed E-state index contributed by atoms with van der Waals surface area (Å²) in [6.45, 7) is 1.89. The first-order chi connectivity index (χ1) is 15.0. The summed E-state index contributed by atoms with van der Waals surface area (Å²) in [5.41, 5.74) is 3.07. The zero-order valence-electron chi connectivity index (χ0n) is 16.6. The van der Waals surface area contributed by atoms with E-state index in [0.29, 0.717) is 28.0 Å². The van der Waals surface area contributed by atoms with Crippen LogP contribution >= 0.6 is 0 Å². The van der Waals surface area contributed by atoms with Crippen molar-refractivity contribution in [1.29, 1.82) is 5.26 Å². The van der Waals surface area contributed by atoms with Crippen LogP contribution in [-0.4, -0.2) is 20.6 Å². The van der Waals surface area contributed by atoms with Crippen molar-refractivity contribution in [2.24, 2.45) is 0 Å². The fourth-order valence-electron chi connectivity index (χ4n) is 3.35. The van der Waals surface area contributed by atoms with Crippen LogP contribution < -0.4 is 5.56 Å². The number of hydrogen-bond donors (Lipinski definition) is 1. The van der Waals surface area contributed by atoms with E-state index in [1.54, 1.807) is 60.7 Å². The summed E-state index contributed by atoms with van der Waals surface area (Å²) in [5, 5.41) is 18.8. The van der Waals surface area contributed by atoms with E-state index in [1.165, 1.54) is 16.7 Å². The van der Waals surface area contributed by atoms with E-state index in [0.717, 1.165) is 11.1 Å². The summed E-state index contributed by atoms with van der Waals surface area (Å²) in [6.07, 6.45) is 3.51. The van der Waals surface area contributed by atoms with Gasteiger partial charge >= 0.3 is 5.97 Å². The van der Waals surface area contributed by atoms with Crippen molar-refractivity contribution < 1.29 is 9.90 Å². The molecule has 1 heterocycles. The van der Waals surface area contributed by atoms with Gasteiger partial charge in [0.25, 0.3) is 5.56 Å². The van der Waals surface area contributed by atoms with Crippen molar-refractivity contribution in [1.82, 2.24) is 9.55 Å². The first-order valence-electron chi connectivity index (χ1n) is 9.52. The Morgan fingerprint density at radius 1 is 1.06 bits per heavy atom. The van der Waals surface area contributed by atoms with Crippen molar-refractivity contribution in [3.8, 4) is 11.8 Å². The van der Waals surface area contributed by atoms with Crippen LogP contribution in [0.4, 0.5) is 0 Å². The molecule has 1 N–H and O–H groups in total. The van der Waals surface area contributed by atoms with E-state index in [2.05, 4.69) is 6.07 Å². The molecule has 0 fully saturated rings. The maximum absolute atomic E-state index is 13.4. The van der Waals surface area contributed by atoms with Gasteiger partial charge in [0.15, 0.2) is 0 Å². The summed E-state index contributed by atoms with van der Waals surface area (Å²) in [5.74, 6) is -0.701. The standard InChI is InChI=1S/C25H17N3O3/c1-16-4-2-7-21-23(16)27-22(13-12-17-8-10-18(15-26)11-9-17)28(24(21)29)20-6-3-5-19(14-20)25(30)31/h2-14H,1H3,(H,30,31)/b13-12+. The highest BCUT2D eigenvalue weighted by Gasteiger charge is 2.14. The van der Waals surface area contributed by atoms with Crippen LogP contribution in [0.15, 0.2) is 71.5 Å². The van der Waals surface area contributed by atoms with Crippen molar-refractivity contribution >= 4 is 29.0 Å². The van der Waals surface area contributed by atoms with Crippen LogP contribution in [0.3, 0.4) is 0 Å². The maximum atomic E-state index is 13.4. The number of para-hydroxylation sites is 1. The minimum Gasteiger partial charge on any atom is -0.478 e. The predicted octanol–water partition coefficient (Wildman–Crippen LogP) is 4.43. The Bertz CT molecular complexity index is 1440. The Hall–Kier alpha value is -4.50. The van der Waals surface area contributed by atoms with E-state index < -0.39 is 5.97 Å². The van der Waals surface area contributed by atoms with Crippen molar-refractivity contribution in [3.63, 3.8) is 0 Å². The lowest BCUT2D eigenvalue weighted by Crippen LogP contribution is -2.23. The molecule has 0 saturated heterocycles. The fraction of sp³-hybridized carbons (Fsp3) is 0.0400. The highest BCUT2D eigenvalue weighted by Crippen LogP contribution is 2.19. The number of aromatic nitrogens is 2. The molecule has 6 heteroatoms. The van der Waals surface area contributed by atoms with Crippen molar-refractivity contribution in [2.45, 2.75) is 6.92 Å². The normalized spacial score (nSPS) is 11.0. The Labute approximate surface area is 178 Å². The molecule has 3 aromatic carbocycles. The van der Waals surface area contributed by atoms with Crippen LogP contribution in [0.2, 0.25) is 0 Å². The Morgan fingerprint density at radius 2 is 1.81 bits per heavy atom. The monoisotopic (exact) mass is 407 g/mol. The number of nitrogens with zero attached hydrogens (tertiary/aromatic N) is 3. The van der Waals surface area contributed by atoms with Gasteiger partial charge in [-0.05, 0) is 60.5 Å². The number of aromatic carboxylic acids is 1. The maximum Gasteiger partial charge on any atom is 0.335 e. The van der Waals surface area contributed by atoms with Gasteiger partial charge in [-0.1, -0.05) is 36.4 Å². The average molecular weight is 407 g/mol. The zero-order chi connectivity index (χ0) is 22.0. The molecule has 0 amide bonds. The summed E-state index contributed by atoms with van der Waals surface area (Å²) >= 11 is 0. The van der Waals surface area contributed by atoms with Gasteiger partial charge < -0.3 is 5.11 Å². The molecule has 0 spiro atoms. The SMILES string of the molecule is Cc1cccc2c(=O)n(-c3cccc(C(=O)O)c3)c(/C=C/c3ccc(C#N)cc3)nc12. The number of fused-ring (bicyclic) bond motifs is 1. The van der Waals surface area contributed by atoms with Gasteiger partial charge in [-0.2, -0.15) is 5.26 Å². The summed E-state index contributed by atoms with van der Waals surface area (Å²) < 4.78 is 1.41. The molecule has 31 heavy (non-hydrogen) atoms. The molecule has 0 radical (unpaired) electrons. The second-order valence-corrected chi connectivity index (χ2v) is 7.00. The number of aryl methyl sites for hydroxylation is 1. The number of carbonyl (C=O) groups is 1. The number of rotatable bonds is 4. The van der Waals surface area contributed by atoms with E-state index in [4.69, 9.17) is 10.2 Å². The second kappa shape index (κ2) is 8.09. The van der Waals surface area contributed by atoms with Crippen LogP contribution in [0.1, 0.15) is 32.9 Å². The smallest absolute Gasteiger partial charge is 0.335 e. The third-order valence-electron chi connectivity index (χ3n) is 4.94. The topological polar surface area (TPSA) is 96.0 Å². The van der Waals surface area contributed by atoms with E-state index in [-0.39, 0.29) is 11.1 Å². The van der Waals surface area contributed by atoms with Gasteiger partial charge in [0.05, 0.1) is 33.8 Å². The Morgan fingerprint density at radius 3 is 2.52 bits per heavy atom. The predicted molar refractivity (Wildman–Crippen MR) is 119 cm³/mol. The van der Waals surface area contributed by atoms with Crippen LogP contribution in [-0.2, 0) is 0 Å². The molecule has 0 aliphatic carbocycles. The molecule has 4 aromatic rings. The van der Waals surface area contributed by atoms with E-state index >= 15 is 0 Å². The van der Waals surface area contributed by atoms with Gasteiger partial charge in [0.2, 0.25) is 0 Å². The molecule has 0 aliphatic rings. The van der Waals surface area contributed by atoms with Crippen molar-refractivity contribution in [2.75, 3.05) is 0 Å².